The Hall–Kier alpha value is -2.34. The highest BCUT2D eigenvalue weighted by Gasteiger charge is 2.34. The van der Waals surface area contributed by atoms with Crippen LogP contribution in [0.15, 0.2) is 48.5 Å². The molecule has 0 amide bonds. The van der Waals surface area contributed by atoms with E-state index in [0.717, 1.165) is 17.7 Å². The molecule has 2 aromatic rings. The first-order valence-corrected chi connectivity index (χ1v) is 9.30. The third-order valence-corrected chi connectivity index (χ3v) is 6.02. The molecule has 0 spiro atoms. The summed E-state index contributed by atoms with van der Waals surface area (Å²) in [6.07, 6.45) is 0.719. The highest BCUT2D eigenvalue weighted by molar-refractivity contribution is 7.92. The van der Waals surface area contributed by atoms with E-state index in [1.807, 2.05) is 31.2 Å². The topological polar surface area (TPSA) is 63.7 Å². The van der Waals surface area contributed by atoms with Gasteiger partial charge in [-0.3, -0.25) is 4.31 Å². The van der Waals surface area contributed by atoms with E-state index in [0.29, 0.717) is 11.1 Å². The number of esters is 1. The van der Waals surface area contributed by atoms with Crippen LogP contribution in [0, 0.1) is 0 Å². The minimum absolute atomic E-state index is 0.0956. The summed E-state index contributed by atoms with van der Waals surface area (Å²) in [4.78, 5) is 11.5. The van der Waals surface area contributed by atoms with Gasteiger partial charge in [-0.15, -0.1) is 0 Å². The maximum Gasteiger partial charge on any atom is 0.337 e. The van der Waals surface area contributed by atoms with Crippen molar-refractivity contribution in [3.63, 3.8) is 0 Å². The first kappa shape index (κ1) is 16.5. The Bertz CT molecular complexity index is 859. The molecule has 5 nitrogen and oxygen atoms in total. The first-order chi connectivity index (χ1) is 11.4. The Kier molecular flexibility index (Phi) is 4.32. The first-order valence-electron chi connectivity index (χ1n) is 7.69. The van der Waals surface area contributed by atoms with Crippen LogP contribution in [-0.2, 0) is 26.9 Å². The van der Waals surface area contributed by atoms with Crippen molar-refractivity contribution >= 4 is 21.7 Å². The van der Waals surface area contributed by atoms with Crippen molar-refractivity contribution in [2.75, 3.05) is 11.4 Å². The summed E-state index contributed by atoms with van der Waals surface area (Å²) in [5.74, 6) is -0.542. The second-order valence-electron chi connectivity index (χ2n) is 5.92. The Labute approximate surface area is 141 Å². The monoisotopic (exact) mass is 345 g/mol. The van der Waals surface area contributed by atoms with E-state index in [1.54, 1.807) is 24.3 Å². The number of ether oxygens (including phenoxy) is 1. The van der Waals surface area contributed by atoms with Crippen molar-refractivity contribution in [3.8, 4) is 0 Å². The van der Waals surface area contributed by atoms with E-state index in [1.165, 1.54) is 11.4 Å². The summed E-state index contributed by atoms with van der Waals surface area (Å²) in [5, 5.41) is 0. The fourth-order valence-corrected chi connectivity index (χ4v) is 4.95. The molecule has 0 saturated carbocycles. The second kappa shape index (κ2) is 6.28. The van der Waals surface area contributed by atoms with Gasteiger partial charge in [-0.2, -0.15) is 0 Å². The number of para-hydroxylation sites is 1. The Morgan fingerprint density at radius 1 is 1.17 bits per heavy atom. The van der Waals surface area contributed by atoms with Gasteiger partial charge in [-0.1, -0.05) is 30.3 Å². The largest absolute Gasteiger partial charge is 0.465 e. The van der Waals surface area contributed by atoms with E-state index in [2.05, 4.69) is 4.74 Å². The van der Waals surface area contributed by atoms with Gasteiger partial charge in [0.1, 0.15) is 0 Å². The average Bonchev–Trinajstić information content (AvgIpc) is 2.91. The second-order valence-corrected chi connectivity index (χ2v) is 7.77. The molecule has 3 rings (SSSR count). The van der Waals surface area contributed by atoms with Crippen LogP contribution in [0.4, 0.5) is 5.69 Å². The van der Waals surface area contributed by atoms with Gasteiger partial charge in [0, 0.05) is 6.04 Å². The molecule has 1 heterocycles. The number of methoxy groups -OCH3 is 1. The van der Waals surface area contributed by atoms with Crippen molar-refractivity contribution < 1.29 is 17.9 Å². The smallest absolute Gasteiger partial charge is 0.337 e. The minimum atomic E-state index is -3.50. The van der Waals surface area contributed by atoms with Crippen LogP contribution in [0.2, 0.25) is 0 Å². The highest BCUT2D eigenvalue weighted by atomic mass is 32.2. The van der Waals surface area contributed by atoms with Crippen molar-refractivity contribution in [2.24, 2.45) is 0 Å². The SMILES string of the molecule is COC(=O)c1ccc(CS(=O)(=O)N2c3ccccc3C[C@@H]2C)cc1. The highest BCUT2D eigenvalue weighted by Crippen LogP contribution is 2.35. The summed E-state index contributed by atoms with van der Waals surface area (Å²) >= 11 is 0. The molecule has 1 atom stereocenters. The number of sulfonamides is 1. The molecule has 0 aliphatic carbocycles. The molecule has 0 fully saturated rings. The molecule has 6 heteroatoms. The van der Waals surface area contributed by atoms with Crippen LogP contribution in [-0.4, -0.2) is 27.5 Å². The number of fused-ring (bicyclic) bond motifs is 1. The molecule has 1 aliphatic heterocycles. The number of carbonyl (C=O) groups excluding carboxylic acids is 1. The summed E-state index contributed by atoms with van der Waals surface area (Å²) in [7, 11) is -2.18. The van der Waals surface area contributed by atoms with E-state index in [4.69, 9.17) is 0 Å². The third kappa shape index (κ3) is 3.01. The normalized spacial score (nSPS) is 16.8. The van der Waals surface area contributed by atoms with E-state index in [9.17, 15) is 13.2 Å². The van der Waals surface area contributed by atoms with Crippen molar-refractivity contribution in [3.05, 3.63) is 65.2 Å². The zero-order valence-corrected chi connectivity index (χ0v) is 14.4. The number of rotatable bonds is 4. The summed E-state index contributed by atoms with van der Waals surface area (Å²) < 4.78 is 31.9. The van der Waals surface area contributed by atoms with E-state index >= 15 is 0 Å². The van der Waals surface area contributed by atoms with Crippen LogP contribution in [0.25, 0.3) is 0 Å². The number of carbonyl (C=O) groups is 1. The Balaban J connectivity index is 1.85. The van der Waals surface area contributed by atoms with Crippen molar-refractivity contribution in [2.45, 2.75) is 25.1 Å². The van der Waals surface area contributed by atoms with Gasteiger partial charge in [0.05, 0.1) is 24.1 Å². The lowest BCUT2D eigenvalue weighted by Gasteiger charge is -2.24. The van der Waals surface area contributed by atoms with Gasteiger partial charge in [0.2, 0.25) is 10.0 Å². The molecular weight excluding hydrogens is 326 g/mol. The number of hydrogen-bond acceptors (Lipinski definition) is 4. The van der Waals surface area contributed by atoms with Crippen LogP contribution in [0.5, 0.6) is 0 Å². The fraction of sp³-hybridized carbons (Fsp3) is 0.278. The lowest BCUT2D eigenvalue weighted by Crippen LogP contribution is -2.36. The zero-order chi connectivity index (χ0) is 17.3. The number of hydrogen-bond donors (Lipinski definition) is 0. The molecule has 24 heavy (non-hydrogen) atoms. The molecule has 126 valence electrons. The lowest BCUT2D eigenvalue weighted by atomic mass is 10.1. The van der Waals surface area contributed by atoms with Gasteiger partial charge in [-0.05, 0) is 42.7 Å². The standard InChI is InChI=1S/C18H19NO4S/c1-13-11-16-5-3-4-6-17(16)19(13)24(21,22)12-14-7-9-15(10-8-14)18(20)23-2/h3-10,13H,11-12H2,1-2H3/t13-/m0/s1. The van der Waals surface area contributed by atoms with Gasteiger partial charge in [0.25, 0.3) is 0 Å². The number of anilines is 1. The molecule has 0 aromatic heterocycles. The zero-order valence-electron chi connectivity index (χ0n) is 13.6. The third-order valence-electron chi connectivity index (χ3n) is 4.17. The van der Waals surface area contributed by atoms with E-state index in [-0.39, 0.29) is 11.8 Å². The molecular formula is C18H19NO4S. The maximum atomic E-state index is 12.9. The van der Waals surface area contributed by atoms with Crippen LogP contribution >= 0.6 is 0 Å². The van der Waals surface area contributed by atoms with Crippen molar-refractivity contribution in [1.29, 1.82) is 0 Å². The molecule has 0 unspecified atom stereocenters. The number of nitrogens with zero attached hydrogens (tertiary/aromatic N) is 1. The maximum absolute atomic E-state index is 12.9. The predicted octanol–water partition coefficient (Wildman–Crippen LogP) is 2.75. The van der Waals surface area contributed by atoms with E-state index < -0.39 is 16.0 Å². The molecule has 2 aromatic carbocycles. The van der Waals surface area contributed by atoms with Crippen LogP contribution < -0.4 is 4.31 Å². The Morgan fingerprint density at radius 3 is 2.50 bits per heavy atom. The fourth-order valence-electron chi connectivity index (χ4n) is 3.10. The molecule has 0 radical (unpaired) electrons. The Morgan fingerprint density at radius 2 is 1.83 bits per heavy atom. The molecule has 1 aliphatic rings. The number of benzene rings is 2. The summed E-state index contributed by atoms with van der Waals surface area (Å²) in [5.41, 5.74) is 2.85. The lowest BCUT2D eigenvalue weighted by molar-refractivity contribution is 0.0600. The summed E-state index contributed by atoms with van der Waals surface area (Å²) in [6.45, 7) is 1.91. The van der Waals surface area contributed by atoms with Crippen LogP contribution in [0.1, 0.15) is 28.4 Å². The van der Waals surface area contributed by atoms with Gasteiger partial charge in [-0.25, -0.2) is 13.2 Å². The predicted molar refractivity (Wildman–Crippen MR) is 92.5 cm³/mol. The van der Waals surface area contributed by atoms with Crippen molar-refractivity contribution in [1.82, 2.24) is 0 Å². The molecule has 0 saturated heterocycles. The average molecular weight is 345 g/mol. The van der Waals surface area contributed by atoms with Gasteiger partial charge >= 0.3 is 5.97 Å². The molecule has 0 N–H and O–H groups in total. The summed E-state index contributed by atoms with van der Waals surface area (Å²) in [6, 6.07) is 14.0. The minimum Gasteiger partial charge on any atom is -0.465 e. The van der Waals surface area contributed by atoms with Gasteiger partial charge < -0.3 is 4.74 Å². The van der Waals surface area contributed by atoms with Crippen LogP contribution in [0.3, 0.4) is 0 Å². The quantitative estimate of drug-likeness (QED) is 0.799. The molecule has 0 bridgehead atoms. The van der Waals surface area contributed by atoms with Gasteiger partial charge in [0.15, 0.2) is 0 Å².